The Morgan fingerprint density at radius 2 is 2.20 bits per heavy atom. The second-order valence-corrected chi connectivity index (χ2v) is 3.61. The number of aliphatic hydroxyl groups is 1. The highest BCUT2D eigenvalue weighted by Gasteiger charge is 2.08. The first-order valence-electron chi connectivity index (χ1n) is 5.02. The highest BCUT2D eigenvalue weighted by molar-refractivity contribution is 5.86. The molecule has 15 heavy (non-hydrogen) atoms. The van der Waals surface area contributed by atoms with Gasteiger partial charge >= 0.3 is 0 Å². The van der Waals surface area contributed by atoms with Crippen LogP contribution in [0.4, 0.5) is 0 Å². The molecule has 0 aliphatic heterocycles. The molecule has 0 bridgehead atoms. The number of nitrogens with one attached hydrogen (secondary N) is 1. The van der Waals surface area contributed by atoms with Crippen LogP contribution in [0.3, 0.4) is 0 Å². The Labute approximate surface area is 88.7 Å². The first-order chi connectivity index (χ1) is 7.26. The molecule has 2 rings (SSSR count). The summed E-state index contributed by atoms with van der Waals surface area (Å²) in [5.74, 6) is 0.848. The minimum Gasteiger partial charge on any atom is -0.497 e. The fraction of sp³-hybridized carbons (Fsp3) is 0.333. The second-order valence-electron chi connectivity index (χ2n) is 3.61. The molecule has 0 atom stereocenters. The predicted octanol–water partition coefficient (Wildman–Crippen LogP) is 2.02. The Kier molecular flexibility index (Phi) is 2.64. The quantitative estimate of drug-likeness (QED) is 0.805. The molecule has 1 aromatic heterocycles. The zero-order valence-electron chi connectivity index (χ0n) is 9.00. The molecule has 0 amide bonds. The maximum Gasteiger partial charge on any atom is 0.119 e. The van der Waals surface area contributed by atoms with E-state index in [0.29, 0.717) is 6.42 Å². The van der Waals surface area contributed by atoms with E-state index in [0.717, 1.165) is 22.3 Å². The summed E-state index contributed by atoms with van der Waals surface area (Å²) in [5.41, 5.74) is 3.38. The van der Waals surface area contributed by atoms with E-state index in [1.54, 1.807) is 7.11 Å². The largest absolute Gasteiger partial charge is 0.497 e. The number of hydrogen-bond acceptors (Lipinski definition) is 2. The minimum atomic E-state index is 0.172. The summed E-state index contributed by atoms with van der Waals surface area (Å²) in [7, 11) is 1.66. The number of aryl methyl sites for hydroxylation is 1. The number of ether oxygens (including phenoxy) is 1. The number of fused-ring (bicyclic) bond motifs is 1. The summed E-state index contributed by atoms with van der Waals surface area (Å²) in [5, 5.41) is 10.1. The molecule has 1 heterocycles. The molecule has 0 aliphatic rings. The fourth-order valence-corrected chi connectivity index (χ4v) is 1.92. The summed E-state index contributed by atoms with van der Waals surface area (Å²) < 4.78 is 5.19. The van der Waals surface area contributed by atoms with E-state index < -0.39 is 0 Å². The van der Waals surface area contributed by atoms with Crippen molar-refractivity contribution in [3.8, 4) is 5.75 Å². The van der Waals surface area contributed by atoms with Gasteiger partial charge in [0.2, 0.25) is 0 Å². The Balaban J connectivity index is 2.61. The van der Waals surface area contributed by atoms with Crippen LogP contribution in [-0.2, 0) is 6.42 Å². The summed E-state index contributed by atoms with van der Waals surface area (Å²) in [6, 6.07) is 5.94. The zero-order chi connectivity index (χ0) is 10.8. The van der Waals surface area contributed by atoms with Gasteiger partial charge in [0.1, 0.15) is 5.75 Å². The number of aliphatic hydroxyl groups excluding tert-OH is 1. The molecule has 0 radical (unpaired) electrons. The molecule has 0 aliphatic carbocycles. The maximum absolute atomic E-state index is 9.00. The molecule has 0 spiro atoms. The van der Waals surface area contributed by atoms with Crippen molar-refractivity contribution in [3.05, 3.63) is 29.5 Å². The summed E-state index contributed by atoms with van der Waals surface area (Å²) >= 11 is 0. The van der Waals surface area contributed by atoms with Gasteiger partial charge in [0.15, 0.2) is 0 Å². The van der Waals surface area contributed by atoms with Gasteiger partial charge in [-0.3, -0.25) is 0 Å². The van der Waals surface area contributed by atoms with Crippen LogP contribution in [0.2, 0.25) is 0 Å². The molecular formula is C12H15NO2. The molecule has 0 saturated carbocycles. The average Bonchev–Trinajstić information content (AvgIpc) is 2.55. The van der Waals surface area contributed by atoms with Gasteiger partial charge in [0, 0.05) is 23.2 Å². The van der Waals surface area contributed by atoms with Crippen LogP contribution in [0.5, 0.6) is 5.75 Å². The van der Waals surface area contributed by atoms with Gasteiger partial charge in [-0.1, -0.05) is 0 Å². The molecule has 80 valence electrons. The lowest BCUT2D eigenvalue weighted by Crippen LogP contribution is -1.91. The standard InChI is InChI=1S/C12H15NO2/c1-8-10(5-6-14)11-7-9(15-2)3-4-12(11)13-8/h3-4,7,13-14H,5-6H2,1-2H3. The normalized spacial score (nSPS) is 10.9. The topological polar surface area (TPSA) is 45.2 Å². The van der Waals surface area contributed by atoms with E-state index in [2.05, 4.69) is 4.98 Å². The highest BCUT2D eigenvalue weighted by atomic mass is 16.5. The van der Waals surface area contributed by atoms with E-state index in [9.17, 15) is 0 Å². The number of aromatic amines is 1. The van der Waals surface area contributed by atoms with Gasteiger partial charge in [-0.05, 0) is 37.1 Å². The van der Waals surface area contributed by atoms with Gasteiger partial charge in [-0.15, -0.1) is 0 Å². The number of methoxy groups -OCH3 is 1. The van der Waals surface area contributed by atoms with Gasteiger partial charge in [0.05, 0.1) is 7.11 Å². The summed E-state index contributed by atoms with van der Waals surface area (Å²) in [4.78, 5) is 3.30. The van der Waals surface area contributed by atoms with E-state index in [4.69, 9.17) is 9.84 Å². The van der Waals surface area contributed by atoms with Crippen molar-refractivity contribution in [3.63, 3.8) is 0 Å². The van der Waals surface area contributed by atoms with Gasteiger partial charge < -0.3 is 14.8 Å². The summed E-state index contributed by atoms with van der Waals surface area (Å²) in [6.45, 7) is 2.20. The van der Waals surface area contributed by atoms with Gasteiger partial charge in [-0.2, -0.15) is 0 Å². The van der Waals surface area contributed by atoms with Crippen LogP contribution >= 0.6 is 0 Å². The number of benzene rings is 1. The third kappa shape index (κ3) is 1.70. The van der Waals surface area contributed by atoms with E-state index in [1.165, 1.54) is 5.56 Å². The van der Waals surface area contributed by atoms with Crippen molar-refractivity contribution >= 4 is 10.9 Å². The Bertz CT molecular complexity index is 474. The monoisotopic (exact) mass is 205 g/mol. The lowest BCUT2D eigenvalue weighted by atomic mass is 10.1. The van der Waals surface area contributed by atoms with E-state index >= 15 is 0 Å². The third-order valence-electron chi connectivity index (χ3n) is 2.69. The molecule has 0 saturated heterocycles. The molecular weight excluding hydrogens is 190 g/mol. The van der Waals surface area contributed by atoms with Crippen LogP contribution in [0.15, 0.2) is 18.2 Å². The van der Waals surface area contributed by atoms with Crippen molar-refractivity contribution in [2.75, 3.05) is 13.7 Å². The lowest BCUT2D eigenvalue weighted by molar-refractivity contribution is 0.300. The van der Waals surface area contributed by atoms with E-state index in [1.807, 2.05) is 25.1 Å². The highest BCUT2D eigenvalue weighted by Crippen LogP contribution is 2.26. The minimum absolute atomic E-state index is 0.172. The van der Waals surface area contributed by atoms with Crippen molar-refractivity contribution in [1.82, 2.24) is 4.98 Å². The first kappa shape index (κ1) is 10.1. The maximum atomic E-state index is 9.00. The number of rotatable bonds is 3. The average molecular weight is 205 g/mol. The number of hydrogen-bond donors (Lipinski definition) is 2. The fourth-order valence-electron chi connectivity index (χ4n) is 1.92. The Morgan fingerprint density at radius 1 is 1.40 bits per heavy atom. The van der Waals surface area contributed by atoms with Crippen molar-refractivity contribution < 1.29 is 9.84 Å². The third-order valence-corrected chi connectivity index (χ3v) is 2.69. The molecule has 2 N–H and O–H groups in total. The van der Waals surface area contributed by atoms with E-state index in [-0.39, 0.29) is 6.61 Å². The van der Waals surface area contributed by atoms with Crippen LogP contribution < -0.4 is 4.74 Å². The SMILES string of the molecule is COc1ccc2[nH]c(C)c(CCO)c2c1. The lowest BCUT2D eigenvalue weighted by Gasteiger charge is -2.01. The Morgan fingerprint density at radius 3 is 2.87 bits per heavy atom. The van der Waals surface area contributed by atoms with Crippen LogP contribution in [0, 0.1) is 6.92 Å². The number of H-pyrrole nitrogens is 1. The Hall–Kier alpha value is -1.48. The first-order valence-corrected chi connectivity index (χ1v) is 5.02. The smallest absolute Gasteiger partial charge is 0.119 e. The van der Waals surface area contributed by atoms with Gasteiger partial charge in [-0.25, -0.2) is 0 Å². The van der Waals surface area contributed by atoms with Crippen molar-refractivity contribution in [2.24, 2.45) is 0 Å². The zero-order valence-corrected chi connectivity index (χ0v) is 9.00. The van der Waals surface area contributed by atoms with Crippen molar-refractivity contribution in [2.45, 2.75) is 13.3 Å². The summed E-state index contributed by atoms with van der Waals surface area (Å²) in [6.07, 6.45) is 0.680. The second kappa shape index (κ2) is 3.95. The predicted molar refractivity (Wildman–Crippen MR) is 60.4 cm³/mol. The van der Waals surface area contributed by atoms with Crippen LogP contribution in [-0.4, -0.2) is 23.8 Å². The molecule has 2 aromatic rings. The molecule has 0 fully saturated rings. The molecule has 0 unspecified atom stereocenters. The van der Waals surface area contributed by atoms with Crippen molar-refractivity contribution in [1.29, 1.82) is 0 Å². The molecule has 1 aromatic carbocycles. The number of aromatic nitrogens is 1. The van der Waals surface area contributed by atoms with Crippen LogP contribution in [0.25, 0.3) is 10.9 Å². The van der Waals surface area contributed by atoms with Crippen LogP contribution in [0.1, 0.15) is 11.3 Å². The molecule has 3 heteroatoms. The molecule has 3 nitrogen and oxygen atoms in total. The van der Waals surface area contributed by atoms with Gasteiger partial charge in [0.25, 0.3) is 0 Å².